The average Bonchev–Trinajstić information content (AvgIpc) is 3.44. The maximum absolute atomic E-state index is 12.5. The summed E-state index contributed by atoms with van der Waals surface area (Å²) < 4.78 is 12.5. The summed E-state index contributed by atoms with van der Waals surface area (Å²) in [5.41, 5.74) is 1.20. The molecule has 2 aromatic heterocycles. The van der Waals surface area contributed by atoms with Gasteiger partial charge in [0.25, 0.3) is 0 Å². The van der Waals surface area contributed by atoms with Gasteiger partial charge < -0.3 is 25.0 Å². The number of nitrogens with one attached hydrogen (secondary N) is 2. The highest BCUT2D eigenvalue weighted by Gasteiger charge is 2.45. The summed E-state index contributed by atoms with van der Waals surface area (Å²) in [6, 6.07) is 10.3. The second kappa shape index (κ2) is 10.7. The SMILES string of the molecule is CC.CC(=O)Nc1cccc(Oc2ccc3nc(NC(=O)CC(=O)N4CCC5(COC5)C4)cn3n2)c1. The number of hydrogen-bond acceptors (Lipinski definition) is 7. The molecule has 5 rings (SSSR count). The average molecular weight is 495 g/mol. The van der Waals surface area contributed by atoms with E-state index < -0.39 is 5.91 Å². The number of nitrogens with zero attached hydrogens (tertiary/aromatic N) is 4. The first-order valence-electron chi connectivity index (χ1n) is 11.9. The van der Waals surface area contributed by atoms with Gasteiger partial charge in [-0.1, -0.05) is 19.9 Å². The van der Waals surface area contributed by atoms with Crippen LogP contribution in [-0.4, -0.2) is 63.5 Å². The van der Waals surface area contributed by atoms with Gasteiger partial charge in [-0.2, -0.15) is 0 Å². The Bertz CT molecular complexity index is 1270. The highest BCUT2D eigenvalue weighted by Crippen LogP contribution is 2.37. The number of likely N-dealkylation sites (tertiary alicyclic amines) is 1. The predicted molar refractivity (Wildman–Crippen MR) is 133 cm³/mol. The van der Waals surface area contributed by atoms with Crippen LogP contribution in [0.4, 0.5) is 11.5 Å². The summed E-state index contributed by atoms with van der Waals surface area (Å²) >= 11 is 0. The molecule has 190 valence electrons. The van der Waals surface area contributed by atoms with E-state index in [9.17, 15) is 14.4 Å². The fraction of sp³-hybridized carbons (Fsp3) is 0.400. The van der Waals surface area contributed by atoms with E-state index in [4.69, 9.17) is 9.47 Å². The largest absolute Gasteiger partial charge is 0.438 e. The number of carbonyl (C=O) groups excluding carboxylic acids is 3. The topological polar surface area (TPSA) is 127 Å². The van der Waals surface area contributed by atoms with Crippen molar-refractivity contribution in [3.8, 4) is 11.6 Å². The lowest BCUT2D eigenvalue weighted by Crippen LogP contribution is -2.45. The summed E-state index contributed by atoms with van der Waals surface area (Å²) in [5.74, 6) is 0.304. The standard InChI is InChI=1S/C23H24N6O5.C2H6/c1-15(30)24-16-3-2-4-17(9-16)34-21-6-5-19-25-18(11-29(19)27-21)26-20(31)10-22(32)28-8-7-23(12-28)13-33-14-23;1-2/h2-6,9,11H,7-8,10,12-14H2,1H3,(H,24,30)(H,26,31);1-2H3. The van der Waals surface area contributed by atoms with Gasteiger partial charge in [-0.15, -0.1) is 5.10 Å². The van der Waals surface area contributed by atoms with Gasteiger partial charge in [-0.3, -0.25) is 14.4 Å². The second-order valence-electron chi connectivity index (χ2n) is 8.69. The molecule has 3 aromatic rings. The molecule has 0 aliphatic carbocycles. The Morgan fingerprint density at radius 3 is 2.64 bits per heavy atom. The molecule has 36 heavy (non-hydrogen) atoms. The van der Waals surface area contributed by atoms with Crippen LogP contribution in [0.2, 0.25) is 0 Å². The smallest absolute Gasteiger partial charge is 0.237 e. The van der Waals surface area contributed by atoms with Crippen molar-refractivity contribution in [2.75, 3.05) is 36.9 Å². The van der Waals surface area contributed by atoms with Crippen molar-refractivity contribution >= 4 is 34.9 Å². The minimum atomic E-state index is -0.425. The molecule has 1 spiro atoms. The van der Waals surface area contributed by atoms with Crippen molar-refractivity contribution in [2.45, 2.75) is 33.6 Å². The Kier molecular flexibility index (Phi) is 7.49. The van der Waals surface area contributed by atoms with E-state index in [0.29, 0.717) is 55.1 Å². The molecule has 0 atom stereocenters. The van der Waals surface area contributed by atoms with Crippen LogP contribution in [0.25, 0.3) is 5.65 Å². The highest BCUT2D eigenvalue weighted by molar-refractivity contribution is 6.03. The van der Waals surface area contributed by atoms with Crippen LogP contribution in [-0.2, 0) is 19.1 Å². The molecule has 11 nitrogen and oxygen atoms in total. The van der Waals surface area contributed by atoms with Crippen molar-refractivity contribution in [2.24, 2.45) is 5.41 Å². The molecule has 2 saturated heterocycles. The summed E-state index contributed by atoms with van der Waals surface area (Å²) in [6.45, 7) is 8.10. The van der Waals surface area contributed by atoms with Crippen LogP contribution in [0.5, 0.6) is 11.6 Å². The molecule has 11 heteroatoms. The molecular formula is C25H30N6O5. The van der Waals surface area contributed by atoms with Crippen LogP contribution < -0.4 is 15.4 Å². The molecule has 2 aliphatic heterocycles. The molecule has 2 N–H and O–H groups in total. The van der Waals surface area contributed by atoms with E-state index in [1.54, 1.807) is 47.5 Å². The lowest BCUT2D eigenvalue weighted by atomic mass is 9.85. The second-order valence-corrected chi connectivity index (χ2v) is 8.69. The maximum atomic E-state index is 12.5. The van der Waals surface area contributed by atoms with Gasteiger partial charge in [-0.05, 0) is 24.6 Å². The molecule has 1 aromatic carbocycles. The van der Waals surface area contributed by atoms with E-state index in [0.717, 1.165) is 6.42 Å². The fourth-order valence-electron chi connectivity index (χ4n) is 4.15. The minimum absolute atomic E-state index is 0.0877. The predicted octanol–water partition coefficient (Wildman–Crippen LogP) is 3.08. The first kappa shape index (κ1) is 25.1. The lowest BCUT2D eigenvalue weighted by Gasteiger charge is -2.37. The van der Waals surface area contributed by atoms with Gasteiger partial charge in [0, 0.05) is 43.2 Å². The van der Waals surface area contributed by atoms with Gasteiger partial charge in [0.05, 0.1) is 19.4 Å². The van der Waals surface area contributed by atoms with Crippen molar-refractivity contribution in [1.29, 1.82) is 0 Å². The third kappa shape index (κ3) is 5.80. The molecule has 2 fully saturated rings. The number of ether oxygens (including phenoxy) is 2. The van der Waals surface area contributed by atoms with Gasteiger partial charge in [0.15, 0.2) is 11.5 Å². The Balaban J connectivity index is 0.00000148. The van der Waals surface area contributed by atoms with Crippen LogP contribution in [0.3, 0.4) is 0 Å². The molecule has 3 amide bonds. The monoisotopic (exact) mass is 494 g/mol. The third-order valence-electron chi connectivity index (χ3n) is 5.86. The number of imidazole rings is 1. The quantitative estimate of drug-likeness (QED) is 0.504. The number of aromatic nitrogens is 3. The first-order valence-corrected chi connectivity index (χ1v) is 11.9. The van der Waals surface area contributed by atoms with Crippen LogP contribution in [0, 0.1) is 5.41 Å². The normalized spacial score (nSPS) is 15.6. The number of rotatable bonds is 6. The van der Waals surface area contributed by atoms with Gasteiger partial charge >= 0.3 is 0 Å². The Hall–Kier alpha value is -3.99. The number of hydrogen-bond donors (Lipinski definition) is 2. The first-order chi connectivity index (χ1) is 17.4. The Morgan fingerprint density at radius 2 is 1.94 bits per heavy atom. The van der Waals surface area contributed by atoms with Gasteiger partial charge in [-0.25, -0.2) is 9.50 Å². The number of benzene rings is 1. The molecule has 2 aliphatic rings. The lowest BCUT2D eigenvalue weighted by molar-refractivity contribution is -0.137. The van der Waals surface area contributed by atoms with E-state index in [1.807, 2.05) is 13.8 Å². The van der Waals surface area contributed by atoms with Gasteiger partial charge in [0.1, 0.15) is 12.2 Å². The van der Waals surface area contributed by atoms with Crippen molar-refractivity contribution in [3.05, 3.63) is 42.6 Å². The van der Waals surface area contributed by atoms with E-state index >= 15 is 0 Å². The number of carbonyl (C=O) groups is 3. The molecule has 0 saturated carbocycles. The summed E-state index contributed by atoms with van der Waals surface area (Å²) in [4.78, 5) is 42.2. The van der Waals surface area contributed by atoms with E-state index in [2.05, 4.69) is 20.7 Å². The Labute approximate surface area is 208 Å². The van der Waals surface area contributed by atoms with Gasteiger partial charge in [0.2, 0.25) is 23.6 Å². The number of fused-ring (bicyclic) bond motifs is 1. The van der Waals surface area contributed by atoms with Crippen molar-refractivity contribution < 1.29 is 23.9 Å². The zero-order valence-corrected chi connectivity index (χ0v) is 20.6. The Morgan fingerprint density at radius 1 is 1.14 bits per heavy atom. The van der Waals surface area contributed by atoms with Crippen molar-refractivity contribution in [1.82, 2.24) is 19.5 Å². The number of anilines is 2. The minimum Gasteiger partial charge on any atom is -0.438 e. The molecule has 4 heterocycles. The summed E-state index contributed by atoms with van der Waals surface area (Å²) in [7, 11) is 0. The van der Waals surface area contributed by atoms with E-state index in [-0.39, 0.29) is 23.7 Å². The zero-order chi connectivity index (χ0) is 25.7. The maximum Gasteiger partial charge on any atom is 0.237 e. The fourth-order valence-corrected chi connectivity index (χ4v) is 4.15. The van der Waals surface area contributed by atoms with E-state index in [1.165, 1.54) is 11.4 Å². The highest BCUT2D eigenvalue weighted by atomic mass is 16.5. The molecular weight excluding hydrogens is 464 g/mol. The molecule has 0 bridgehead atoms. The molecule has 0 radical (unpaired) electrons. The summed E-state index contributed by atoms with van der Waals surface area (Å²) in [6.07, 6.45) is 2.23. The third-order valence-corrected chi connectivity index (χ3v) is 5.86. The number of amides is 3. The van der Waals surface area contributed by atoms with Crippen LogP contribution in [0.15, 0.2) is 42.6 Å². The van der Waals surface area contributed by atoms with Crippen LogP contribution >= 0.6 is 0 Å². The van der Waals surface area contributed by atoms with Crippen LogP contribution in [0.1, 0.15) is 33.6 Å². The molecule has 0 unspecified atom stereocenters. The zero-order valence-electron chi connectivity index (χ0n) is 20.6. The van der Waals surface area contributed by atoms with Crippen molar-refractivity contribution in [3.63, 3.8) is 0 Å². The summed E-state index contributed by atoms with van der Waals surface area (Å²) in [5, 5.41) is 9.71.